The van der Waals surface area contributed by atoms with Crippen LogP contribution in [0.25, 0.3) is 6.08 Å². The zero-order valence-corrected chi connectivity index (χ0v) is 24.3. The van der Waals surface area contributed by atoms with Gasteiger partial charge in [0.25, 0.3) is 0 Å². The van der Waals surface area contributed by atoms with Crippen molar-refractivity contribution in [3.63, 3.8) is 0 Å². The number of aliphatic hydroxyl groups excluding tert-OH is 1. The number of carboxylic acid groups (broad SMARTS) is 1. The summed E-state index contributed by atoms with van der Waals surface area (Å²) < 4.78 is 15.9. The van der Waals surface area contributed by atoms with Gasteiger partial charge in [-0.15, -0.1) is 11.3 Å². The van der Waals surface area contributed by atoms with E-state index in [9.17, 15) is 29.4 Å². The van der Waals surface area contributed by atoms with Crippen molar-refractivity contribution in [1.82, 2.24) is 9.88 Å². The van der Waals surface area contributed by atoms with Gasteiger partial charge in [0.2, 0.25) is 5.91 Å². The van der Waals surface area contributed by atoms with Gasteiger partial charge in [-0.25, -0.2) is 14.6 Å². The summed E-state index contributed by atoms with van der Waals surface area (Å²) in [5.74, 6) is -2.92. The number of rotatable bonds is 11. The van der Waals surface area contributed by atoms with Gasteiger partial charge in [-0.3, -0.25) is 9.59 Å². The normalized spacial score (nSPS) is 25.5. The maximum absolute atomic E-state index is 13.0. The topological polar surface area (TPSA) is 153 Å². The van der Waals surface area contributed by atoms with E-state index in [1.54, 1.807) is 17.0 Å². The SMILES string of the molecule is CC(=O)OCc1ncsc1C=CSC1=C(C(=O)O)N2C(=O)[C@H]([C@@H](C)O)[C@@H]2C1(C)CCOC(=O)OC1CCCCC1. The van der Waals surface area contributed by atoms with Crippen LogP contribution in [0.4, 0.5) is 4.79 Å². The standard InChI is InChI=1S/C27H34N2O9S2/c1-15(30)20-22-27(3,10-11-36-26(35)38-17-7-5-4-6-8-17)23(21(25(33)34)29(22)24(20)32)39-12-9-19-18(28-14-40-19)13-37-16(2)31/h9,12,14-15,17,20,22,30H,4-8,10-11,13H2,1-3H3,(H,33,34)/t15-,20-,22-,27?/m1/s1. The molecule has 1 saturated heterocycles. The molecular formula is C27H34N2O9S2. The molecular weight excluding hydrogens is 560 g/mol. The first-order chi connectivity index (χ1) is 19.0. The Hall–Kier alpha value is -2.90. The maximum atomic E-state index is 13.0. The Balaban J connectivity index is 1.53. The number of amides is 1. The zero-order valence-electron chi connectivity index (χ0n) is 22.7. The molecule has 0 radical (unpaired) electrons. The minimum absolute atomic E-state index is 0.0126. The van der Waals surface area contributed by atoms with E-state index in [-0.39, 0.29) is 31.4 Å². The molecule has 1 saturated carbocycles. The van der Waals surface area contributed by atoms with E-state index in [1.165, 1.54) is 30.1 Å². The van der Waals surface area contributed by atoms with Crippen molar-refractivity contribution in [3.8, 4) is 0 Å². The number of esters is 1. The summed E-state index contributed by atoms with van der Waals surface area (Å²) >= 11 is 2.49. The largest absolute Gasteiger partial charge is 0.508 e. The van der Waals surface area contributed by atoms with Crippen LogP contribution in [0.2, 0.25) is 0 Å². The lowest BCUT2D eigenvalue weighted by Crippen LogP contribution is -2.66. The van der Waals surface area contributed by atoms with E-state index < -0.39 is 47.5 Å². The molecule has 2 aliphatic heterocycles. The molecule has 1 unspecified atom stereocenters. The lowest BCUT2D eigenvalue weighted by Gasteiger charge is -2.50. The van der Waals surface area contributed by atoms with Crippen LogP contribution < -0.4 is 0 Å². The molecule has 4 atom stereocenters. The van der Waals surface area contributed by atoms with Gasteiger partial charge >= 0.3 is 18.1 Å². The van der Waals surface area contributed by atoms with Gasteiger partial charge in [-0.05, 0) is 50.5 Å². The van der Waals surface area contributed by atoms with Crippen molar-refractivity contribution in [2.75, 3.05) is 6.61 Å². The quantitative estimate of drug-likeness (QED) is 0.278. The van der Waals surface area contributed by atoms with Crippen molar-refractivity contribution in [2.24, 2.45) is 11.3 Å². The Labute approximate surface area is 240 Å². The lowest BCUT2D eigenvalue weighted by atomic mass is 9.68. The summed E-state index contributed by atoms with van der Waals surface area (Å²) in [6.07, 6.45) is 4.81. The first-order valence-electron chi connectivity index (χ1n) is 13.3. The first-order valence-corrected chi connectivity index (χ1v) is 15.0. The summed E-state index contributed by atoms with van der Waals surface area (Å²) in [6.45, 7) is 4.61. The first kappa shape index (κ1) is 30.1. The van der Waals surface area contributed by atoms with E-state index in [1.807, 2.05) is 6.92 Å². The van der Waals surface area contributed by atoms with Gasteiger partial charge in [-0.2, -0.15) is 0 Å². The Morgan fingerprint density at radius 1 is 1.27 bits per heavy atom. The van der Waals surface area contributed by atoms with Crippen LogP contribution in [0.15, 0.2) is 21.5 Å². The van der Waals surface area contributed by atoms with Gasteiger partial charge in [-0.1, -0.05) is 25.1 Å². The van der Waals surface area contributed by atoms with Gasteiger partial charge in [0.1, 0.15) is 18.4 Å². The summed E-state index contributed by atoms with van der Waals surface area (Å²) in [5, 5.41) is 22.2. The third-order valence-corrected chi connectivity index (χ3v) is 9.64. The highest BCUT2D eigenvalue weighted by Crippen LogP contribution is 2.59. The van der Waals surface area contributed by atoms with Crippen LogP contribution in [0.5, 0.6) is 0 Å². The monoisotopic (exact) mass is 594 g/mol. The van der Waals surface area contributed by atoms with Gasteiger partial charge in [0.15, 0.2) is 0 Å². The second-order valence-electron chi connectivity index (χ2n) is 10.4. The highest BCUT2D eigenvalue weighted by atomic mass is 32.2. The van der Waals surface area contributed by atoms with Crippen LogP contribution in [0, 0.1) is 11.3 Å². The Kier molecular flexibility index (Phi) is 9.57. The number of carbonyl (C=O) groups is 4. The van der Waals surface area contributed by atoms with Crippen molar-refractivity contribution >= 4 is 53.2 Å². The summed E-state index contributed by atoms with van der Waals surface area (Å²) in [5.41, 5.74) is 1.12. The predicted octanol–water partition coefficient (Wildman–Crippen LogP) is 4.31. The number of β-lactam (4-membered cyclic amide) rings is 1. The fraction of sp³-hybridized carbons (Fsp3) is 0.593. The molecule has 3 aliphatic rings. The number of thioether (sulfide) groups is 1. The summed E-state index contributed by atoms with van der Waals surface area (Å²) in [7, 11) is 0. The molecule has 13 heteroatoms. The van der Waals surface area contributed by atoms with Gasteiger partial charge in [0.05, 0.1) is 40.8 Å². The number of thiazole rings is 1. The van der Waals surface area contributed by atoms with Crippen LogP contribution in [-0.2, 0) is 35.2 Å². The zero-order chi connectivity index (χ0) is 29.0. The highest BCUT2D eigenvalue weighted by Gasteiger charge is 2.66. The number of carbonyl (C=O) groups excluding carboxylic acids is 3. The third-order valence-electron chi connectivity index (χ3n) is 7.64. The smallest absolute Gasteiger partial charge is 0.477 e. The van der Waals surface area contributed by atoms with E-state index in [2.05, 4.69) is 4.98 Å². The molecule has 1 aromatic rings. The molecule has 2 N–H and O–H groups in total. The second kappa shape index (κ2) is 12.7. The van der Waals surface area contributed by atoms with E-state index >= 15 is 0 Å². The Morgan fingerprint density at radius 3 is 2.65 bits per heavy atom. The minimum atomic E-state index is -1.26. The average Bonchev–Trinajstić information content (AvgIpc) is 3.42. The fourth-order valence-electron chi connectivity index (χ4n) is 5.63. The molecule has 0 bridgehead atoms. The maximum Gasteiger partial charge on any atom is 0.508 e. The number of ether oxygens (including phenoxy) is 3. The number of fused-ring (bicyclic) bond motifs is 1. The molecule has 40 heavy (non-hydrogen) atoms. The minimum Gasteiger partial charge on any atom is -0.477 e. The Bertz CT molecular complexity index is 1200. The molecule has 4 rings (SSSR count). The van der Waals surface area contributed by atoms with Gasteiger partial charge < -0.3 is 29.3 Å². The molecule has 1 aromatic heterocycles. The van der Waals surface area contributed by atoms with Crippen molar-refractivity contribution in [3.05, 3.63) is 32.1 Å². The van der Waals surface area contributed by atoms with Crippen LogP contribution in [-0.4, -0.2) is 69.0 Å². The highest BCUT2D eigenvalue weighted by molar-refractivity contribution is 8.06. The van der Waals surface area contributed by atoms with E-state index in [0.717, 1.165) is 48.7 Å². The number of aliphatic carboxylic acids is 1. The predicted molar refractivity (Wildman–Crippen MR) is 147 cm³/mol. The molecule has 0 spiro atoms. The average molecular weight is 595 g/mol. The molecule has 0 aromatic carbocycles. The fourth-order valence-corrected chi connectivity index (χ4v) is 7.54. The van der Waals surface area contributed by atoms with E-state index in [4.69, 9.17) is 14.2 Å². The molecule has 11 nitrogen and oxygen atoms in total. The Morgan fingerprint density at radius 2 is 2.00 bits per heavy atom. The molecule has 2 fully saturated rings. The molecule has 218 valence electrons. The van der Waals surface area contributed by atoms with Crippen molar-refractivity contribution in [2.45, 2.75) is 84.2 Å². The van der Waals surface area contributed by atoms with Crippen LogP contribution in [0.3, 0.4) is 0 Å². The summed E-state index contributed by atoms with van der Waals surface area (Å²) in [4.78, 5) is 55.5. The number of hydrogen-bond acceptors (Lipinski definition) is 11. The number of nitrogens with zero attached hydrogens (tertiary/aromatic N) is 2. The molecule has 1 amide bonds. The van der Waals surface area contributed by atoms with Gasteiger partial charge in [0, 0.05) is 17.2 Å². The molecule has 3 heterocycles. The van der Waals surface area contributed by atoms with Crippen molar-refractivity contribution < 1.29 is 43.6 Å². The van der Waals surface area contributed by atoms with E-state index in [0.29, 0.717) is 10.6 Å². The van der Waals surface area contributed by atoms with Crippen LogP contribution >= 0.6 is 23.1 Å². The lowest BCUT2D eigenvalue weighted by molar-refractivity contribution is -0.167. The number of carboxylic acids is 1. The third kappa shape index (κ3) is 6.21. The number of aliphatic hydroxyl groups is 1. The van der Waals surface area contributed by atoms with Crippen LogP contribution in [0.1, 0.15) is 69.9 Å². The number of hydrogen-bond donors (Lipinski definition) is 2. The van der Waals surface area contributed by atoms with Crippen molar-refractivity contribution in [1.29, 1.82) is 0 Å². The molecule has 1 aliphatic carbocycles. The second-order valence-corrected chi connectivity index (χ2v) is 12.2. The number of aromatic nitrogens is 1. The summed E-state index contributed by atoms with van der Waals surface area (Å²) in [6, 6.07) is -0.608.